The van der Waals surface area contributed by atoms with Crippen LogP contribution in [0.2, 0.25) is 0 Å². The minimum Gasteiger partial charge on any atom is -0.382 e. The third-order valence-electron chi connectivity index (χ3n) is 3.20. The van der Waals surface area contributed by atoms with E-state index in [0.29, 0.717) is 11.4 Å². The van der Waals surface area contributed by atoms with Crippen LogP contribution >= 0.6 is 0 Å². The third-order valence-corrected chi connectivity index (χ3v) is 5.72. The van der Waals surface area contributed by atoms with Gasteiger partial charge in [0.2, 0.25) is 0 Å². The SMILES string of the molecule is CCc1cccc2c1NCC(C)(C)S2(=O)=O. The number of anilines is 1. The molecule has 0 radical (unpaired) electrons. The fourth-order valence-electron chi connectivity index (χ4n) is 1.99. The maximum Gasteiger partial charge on any atom is 0.187 e. The highest BCUT2D eigenvalue weighted by atomic mass is 32.2. The third kappa shape index (κ3) is 1.44. The molecule has 1 aromatic rings. The molecule has 1 aliphatic rings. The molecule has 4 heteroatoms. The van der Waals surface area contributed by atoms with Gasteiger partial charge in [-0.05, 0) is 31.9 Å². The molecular formula is C12H17NO2S. The molecule has 1 N–H and O–H groups in total. The number of sulfone groups is 1. The molecule has 0 unspecified atom stereocenters. The number of para-hydroxylation sites is 1. The molecule has 1 aliphatic heterocycles. The number of nitrogens with one attached hydrogen (secondary N) is 1. The predicted molar refractivity (Wildman–Crippen MR) is 65.6 cm³/mol. The normalized spacial score (nSPS) is 20.9. The van der Waals surface area contributed by atoms with Gasteiger partial charge in [0, 0.05) is 6.54 Å². The van der Waals surface area contributed by atoms with Gasteiger partial charge >= 0.3 is 0 Å². The second-order valence-corrected chi connectivity index (χ2v) is 7.31. The lowest BCUT2D eigenvalue weighted by molar-refractivity contribution is 0.548. The van der Waals surface area contributed by atoms with Gasteiger partial charge in [0.25, 0.3) is 0 Å². The zero-order valence-corrected chi connectivity index (χ0v) is 10.7. The quantitative estimate of drug-likeness (QED) is 0.817. The zero-order valence-electron chi connectivity index (χ0n) is 9.87. The fraction of sp³-hybridized carbons (Fsp3) is 0.500. The lowest BCUT2D eigenvalue weighted by atomic mass is 10.1. The molecule has 16 heavy (non-hydrogen) atoms. The smallest absolute Gasteiger partial charge is 0.187 e. The Morgan fingerprint density at radius 3 is 2.69 bits per heavy atom. The van der Waals surface area contributed by atoms with E-state index in [0.717, 1.165) is 17.7 Å². The van der Waals surface area contributed by atoms with Crippen molar-refractivity contribution in [3.05, 3.63) is 23.8 Å². The molecule has 0 amide bonds. The summed E-state index contributed by atoms with van der Waals surface area (Å²) in [4.78, 5) is 0.447. The zero-order chi connectivity index (χ0) is 12.0. The number of benzene rings is 1. The molecule has 3 nitrogen and oxygen atoms in total. The van der Waals surface area contributed by atoms with Crippen LogP contribution in [-0.2, 0) is 16.3 Å². The highest BCUT2D eigenvalue weighted by Crippen LogP contribution is 2.37. The first-order valence-corrected chi connectivity index (χ1v) is 6.99. The van der Waals surface area contributed by atoms with Gasteiger partial charge in [-0.2, -0.15) is 0 Å². The molecule has 0 bridgehead atoms. The van der Waals surface area contributed by atoms with E-state index in [1.807, 2.05) is 19.1 Å². The van der Waals surface area contributed by atoms with Crippen molar-refractivity contribution >= 4 is 15.5 Å². The van der Waals surface area contributed by atoms with Gasteiger partial charge in [-0.1, -0.05) is 19.1 Å². The average Bonchev–Trinajstić information content (AvgIpc) is 2.24. The fourth-order valence-corrected chi connectivity index (χ4v) is 3.58. The highest BCUT2D eigenvalue weighted by Gasteiger charge is 2.41. The topological polar surface area (TPSA) is 46.2 Å². The van der Waals surface area contributed by atoms with Gasteiger partial charge in [-0.15, -0.1) is 0 Å². The molecule has 0 spiro atoms. The molecule has 88 valence electrons. The summed E-state index contributed by atoms with van der Waals surface area (Å²) in [7, 11) is -3.22. The van der Waals surface area contributed by atoms with Crippen LogP contribution in [0.3, 0.4) is 0 Å². The van der Waals surface area contributed by atoms with Crippen LogP contribution in [0.1, 0.15) is 26.3 Å². The Morgan fingerprint density at radius 1 is 1.38 bits per heavy atom. The van der Waals surface area contributed by atoms with Crippen molar-refractivity contribution in [1.82, 2.24) is 0 Å². The Hall–Kier alpha value is -1.03. The lowest BCUT2D eigenvalue weighted by Gasteiger charge is -2.33. The van der Waals surface area contributed by atoms with Crippen LogP contribution in [0, 0.1) is 0 Å². The molecular weight excluding hydrogens is 222 g/mol. The van der Waals surface area contributed by atoms with E-state index in [1.165, 1.54) is 0 Å². The van der Waals surface area contributed by atoms with Gasteiger partial charge in [0.05, 0.1) is 15.3 Å². The van der Waals surface area contributed by atoms with Crippen molar-refractivity contribution < 1.29 is 8.42 Å². The summed E-state index contributed by atoms with van der Waals surface area (Å²) in [6.07, 6.45) is 0.839. The van der Waals surface area contributed by atoms with E-state index in [1.54, 1.807) is 19.9 Å². The number of hydrogen-bond acceptors (Lipinski definition) is 3. The van der Waals surface area contributed by atoms with Gasteiger partial charge in [0.15, 0.2) is 9.84 Å². The van der Waals surface area contributed by atoms with Crippen molar-refractivity contribution in [3.63, 3.8) is 0 Å². The molecule has 0 saturated heterocycles. The molecule has 0 aromatic heterocycles. The number of aryl methyl sites for hydroxylation is 1. The molecule has 0 atom stereocenters. The first-order chi connectivity index (χ1) is 7.40. The Labute approximate surface area is 96.8 Å². The van der Waals surface area contributed by atoms with Crippen LogP contribution in [0.15, 0.2) is 23.1 Å². The molecule has 2 rings (SSSR count). The van der Waals surface area contributed by atoms with E-state index in [9.17, 15) is 8.42 Å². The molecule has 0 fully saturated rings. The second kappa shape index (κ2) is 3.48. The Bertz CT molecular complexity index is 518. The van der Waals surface area contributed by atoms with Crippen molar-refractivity contribution in [2.75, 3.05) is 11.9 Å². The monoisotopic (exact) mass is 239 g/mol. The van der Waals surface area contributed by atoms with Crippen LogP contribution < -0.4 is 5.32 Å². The predicted octanol–water partition coefficient (Wildman–Crippen LogP) is 2.23. The first kappa shape index (κ1) is 11.5. The van der Waals surface area contributed by atoms with Crippen molar-refractivity contribution in [3.8, 4) is 0 Å². The van der Waals surface area contributed by atoms with Crippen molar-refractivity contribution in [2.24, 2.45) is 0 Å². The summed E-state index contributed by atoms with van der Waals surface area (Å²) in [6, 6.07) is 5.48. The van der Waals surface area contributed by atoms with E-state index in [-0.39, 0.29) is 0 Å². The Balaban J connectivity index is 2.71. The summed E-state index contributed by atoms with van der Waals surface area (Å²) in [5, 5.41) is 3.25. The summed E-state index contributed by atoms with van der Waals surface area (Å²) >= 11 is 0. The van der Waals surface area contributed by atoms with Gasteiger partial charge in [-0.3, -0.25) is 0 Å². The summed E-state index contributed by atoms with van der Waals surface area (Å²) < 4.78 is 24.0. The van der Waals surface area contributed by atoms with Gasteiger partial charge in [-0.25, -0.2) is 8.42 Å². The standard InChI is InChI=1S/C12H17NO2S/c1-4-9-6-5-7-10-11(9)13-8-12(2,3)16(10,14)15/h5-7,13H,4,8H2,1-3H3. The van der Waals surface area contributed by atoms with Crippen molar-refractivity contribution in [2.45, 2.75) is 36.8 Å². The van der Waals surface area contributed by atoms with Crippen LogP contribution in [0.25, 0.3) is 0 Å². The summed E-state index contributed by atoms with van der Waals surface area (Å²) in [5.74, 6) is 0. The lowest BCUT2D eigenvalue weighted by Crippen LogP contribution is -2.43. The molecule has 1 heterocycles. The number of fused-ring (bicyclic) bond motifs is 1. The second-order valence-electron chi connectivity index (χ2n) is 4.76. The highest BCUT2D eigenvalue weighted by molar-refractivity contribution is 7.93. The largest absolute Gasteiger partial charge is 0.382 e. The van der Waals surface area contributed by atoms with Crippen LogP contribution in [0.5, 0.6) is 0 Å². The molecule has 0 aliphatic carbocycles. The first-order valence-electron chi connectivity index (χ1n) is 5.50. The minimum absolute atomic E-state index is 0.447. The average molecular weight is 239 g/mol. The van der Waals surface area contributed by atoms with E-state index in [2.05, 4.69) is 5.32 Å². The van der Waals surface area contributed by atoms with E-state index < -0.39 is 14.6 Å². The van der Waals surface area contributed by atoms with E-state index >= 15 is 0 Å². The number of hydrogen-bond donors (Lipinski definition) is 1. The van der Waals surface area contributed by atoms with E-state index in [4.69, 9.17) is 0 Å². The summed E-state index contributed by atoms with van der Waals surface area (Å²) in [5.41, 5.74) is 1.86. The summed E-state index contributed by atoms with van der Waals surface area (Å²) in [6.45, 7) is 6.02. The van der Waals surface area contributed by atoms with Crippen LogP contribution in [-0.4, -0.2) is 19.7 Å². The molecule has 0 saturated carbocycles. The van der Waals surface area contributed by atoms with Gasteiger partial charge < -0.3 is 5.32 Å². The Kier molecular flexibility index (Phi) is 2.49. The number of rotatable bonds is 1. The van der Waals surface area contributed by atoms with Crippen molar-refractivity contribution in [1.29, 1.82) is 0 Å². The Morgan fingerprint density at radius 2 is 2.06 bits per heavy atom. The minimum atomic E-state index is -3.22. The maximum absolute atomic E-state index is 12.4. The van der Waals surface area contributed by atoms with Gasteiger partial charge in [0.1, 0.15) is 0 Å². The van der Waals surface area contributed by atoms with Crippen LogP contribution in [0.4, 0.5) is 5.69 Å². The maximum atomic E-state index is 12.4. The molecule has 1 aromatic carbocycles.